The Kier molecular flexibility index (Phi) is 5.12. The standard InChI is InChI=1S/C23H19N3O5/c1-3-25-18-6-4-5-7-21(18)31-20-11-10-16(13-17(20)23(25)28)24-22(27)15-9-8-14(2)19(12-15)26(29)30/h4-13H,3H2,1-2H3,(H,24,27). The molecule has 0 fully saturated rings. The van der Waals surface area contributed by atoms with Crippen LogP contribution in [0.15, 0.2) is 60.7 Å². The number of nitro groups is 1. The van der Waals surface area contributed by atoms with E-state index < -0.39 is 10.8 Å². The van der Waals surface area contributed by atoms with Crippen molar-refractivity contribution < 1.29 is 19.2 Å². The van der Waals surface area contributed by atoms with Crippen molar-refractivity contribution in [3.8, 4) is 11.5 Å². The van der Waals surface area contributed by atoms with Crippen LogP contribution < -0.4 is 15.0 Å². The summed E-state index contributed by atoms with van der Waals surface area (Å²) in [7, 11) is 0. The number of benzene rings is 3. The van der Waals surface area contributed by atoms with Crippen molar-refractivity contribution >= 4 is 28.9 Å². The van der Waals surface area contributed by atoms with Gasteiger partial charge < -0.3 is 15.0 Å². The van der Waals surface area contributed by atoms with Gasteiger partial charge in [-0.3, -0.25) is 19.7 Å². The fraction of sp³-hybridized carbons (Fsp3) is 0.130. The Bertz CT molecular complexity index is 1220. The second-order valence-corrected chi connectivity index (χ2v) is 7.04. The third kappa shape index (κ3) is 3.71. The number of fused-ring (bicyclic) bond motifs is 2. The van der Waals surface area contributed by atoms with Gasteiger partial charge in [0.05, 0.1) is 16.2 Å². The van der Waals surface area contributed by atoms with Crippen LogP contribution in [0.3, 0.4) is 0 Å². The molecule has 0 aromatic heterocycles. The van der Waals surface area contributed by atoms with Crippen molar-refractivity contribution in [3.05, 3.63) is 87.5 Å². The number of nitrogens with zero attached hydrogens (tertiary/aromatic N) is 2. The summed E-state index contributed by atoms with van der Waals surface area (Å²) in [5.41, 5.74) is 1.85. The summed E-state index contributed by atoms with van der Waals surface area (Å²) in [6.07, 6.45) is 0. The zero-order valence-corrected chi connectivity index (χ0v) is 16.9. The molecule has 0 unspecified atom stereocenters. The summed E-state index contributed by atoms with van der Waals surface area (Å²) in [4.78, 5) is 38.0. The van der Waals surface area contributed by atoms with E-state index in [1.165, 1.54) is 18.2 Å². The summed E-state index contributed by atoms with van der Waals surface area (Å²) in [6, 6.07) is 16.3. The molecule has 8 heteroatoms. The van der Waals surface area contributed by atoms with E-state index in [0.29, 0.717) is 40.5 Å². The molecule has 31 heavy (non-hydrogen) atoms. The number of ether oxygens (including phenoxy) is 1. The first-order chi connectivity index (χ1) is 14.9. The minimum absolute atomic E-state index is 0.130. The predicted molar refractivity (Wildman–Crippen MR) is 116 cm³/mol. The average molecular weight is 417 g/mol. The van der Waals surface area contributed by atoms with Crippen molar-refractivity contribution in [2.75, 3.05) is 16.8 Å². The highest BCUT2D eigenvalue weighted by molar-refractivity contribution is 6.11. The largest absolute Gasteiger partial charge is 0.454 e. The molecule has 4 rings (SSSR count). The van der Waals surface area contributed by atoms with Crippen LogP contribution in [0.2, 0.25) is 0 Å². The van der Waals surface area contributed by atoms with Crippen molar-refractivity contribution in [2.45, 2.75) is 13.8 Å². The number of rotatable bonds is 4. The van der Waals surface area contributed by atoms with Crippen molar-refractivity contribution in [1.82, 2.24) is 0 Å². The lowest BCUT2D eigenvalue weighted by atomic mass is 10.1. The first kappa shape index (κ1) is 20.1. The molecule has 0 atom stereocenters. The van der Waals surface area contributed by atoms with Gasteiger partial charge in [-0.1, -0.05) is 18.2 Å². The second kappa shape index (κ2) is 7.91. The maximum absolute atomic E-state index is 13.2. The number of hydrogen-bond acceptors (Lipinski definition) is 5. The average Bonchev–Trinajstić information content (AvgIpc) is 2.87. The van der Waals surface area contributed by atoms with Gasteiger partial charge in [0.2, 0.25) is 0 Å². The van der Waals surface area contributed by atoms with Crippen LogP contribution >= 0.6 is 0 Å². The molecule has 156 valence electrons. The van der Waals surface area contributed by atoms with Gasteiger partial charge in [-0.05, 0) is 50.2 Å². The Labute approximate surface area is 178 Å². The summed E-state index contributed by atoms with van der Waals surface area (Å²) in [5, 5.41) is 13.9. The zero-order valence-electron chi connectivity index (χ0n) is 16.9. The van der Waals surface area contributed by atoms with Crippen LogP contribution in [-0.4, -0.2) is 23.3 Å². The Morgan fingerprint density at radius 2 is 1.87 bits per heavy atom. The Morgan fingerprint density at radius 1 is 1.10 bits per heavy atom. The number of carbonyl (C=O) groups excluding carboxylic acids is 2. The molecule has 3 aromatic rings. The monoisotopic (exact) mass is 417 g/mol. The number of nitro benzene ring substituents is 1. The molecule has 8 nitrogen and oxygen atoms in total. The molecule has 0 saturated heterocycles. The van der Waals surface area contributed by atoms with Crippen LogP contribution in [-0.2, 0) is 0 Å². The number of hydrogen-bond donors (Lipinski definition) is 1. The van der Waals surface area contributed by atoms with Gasteiger partial charge in [0.25, 0.3) is 17.5 Å². The first-order valence-electron chi connectivity index (χ1n) is 9.68. The third-order valence-corrected chi connectivity index (χ3v) is 5.07. The summed E-state index contributed by atoms with van der Waals surface area (Å²) in [5.74, 6) is 0.197. The van der Waals surface area contributed by atoms with Crippen LogP contribution in [0.1, 0.15) is 33.2 Å². The van der Waals surface area contributed by atoms with E-state index in [0.717, 1.165) is 0 Å². The summed E-state index contributed by atoms with van der Waals surface area (Å²) in [6.45, 7) is 3.92. The van der Waals surface area contributed by atoms with Gasteiger partial charge >= 0.3 is 0 Å². The molecule has 0 bridgehead atoms. The van der Waals surface area contributed by atoms with Gasteiger partial charge in [-0.25, -0.2) is 0 Å². The summed E-state index contributed by atoms with van der Waals surface area (Å²) >= 11 is 0. The first-order valence-corrected chi connectivity index (χ1v) is 9.68. The SMILES string of the molecule is CCN1C(=O)c2cc(NC(=O)c3ccc(C)c([N+](=O)[O-])c3)ccc2Oc2ccccc21. The van der Waals surface area contributed by atoms with Gasteiger partial charge in [0.15, 0.2) is 5.75 Å². The molecule has 0 spiro atoms. The highest BCUT2D eigenvalue weighted by Crippen LogP contribution is 2.39. The molecule has 0 aliphatic carbocycles. The van der Waals surface area contributed by atoms with Crippen LogP contribution in [0.4, 0.5) is 17.1 Å². The highest BCUT2D eigenvalue weighted by Gasteiger charge is 2.27. The second-order valence-electron chi connectivity index (χ2n) is 7.04. The lowest BCUT2D eigenvalue weighted by molar-refractivity contribution is -0.385. The Morgan fingerprint density at radius 3 is 2.61 bits per heavy atom. The van der Waals surface area contributed by atoms with E-state index in [-0.39, 0.29) is 17.2 Å². The maximum atomic E-state index is 13.2. The normalized spacial score (nSPS) is 12.3. The number of carbonyl (C=O) groups is 2. The smallest absolute Gasteiger partial charge is 0.273 e. The number of amides is 2. The number of nitrogens with one attached hydrogen (secondary N) is 1. The van der Waals surface area contributed by atoms with E-state index in [2.05, 4.69) is 5.32 Å². The van der Waals surface area contributed by atoms with E-state index in [4.69, 9.17) is 4.74 Å². The van der Waals surface area contributed by atoms with Crippen molar-refractivity contribution in [1.29, 1.82) is 0 Å². The third-order valence-electron chi connectivity index (χ3n) is 5.07. The fourth-order valence-corrected chi connectivity index (χ4v) is 3.47. The molecule has 1 aliphatic heterocycles. The molecule has 3 aromatic carbocycles. The Hall–Kier alpha value is -4.20. The van der Waals surface area contributed by atoms with Crippen molar-refractivity contribution in [2.24, 2.45) is 0 Å². The summed E-state index contributed by atoms with van der Waals surface area (Å²) < 4.78 is 5.95. The van der Waals surface area contributed by atoms with E-state index in [1.54, 1.807) is 36.1 Å². The zero-order chi connectivity index (χ0) is 22.1. The van der Waals surface area contributed by atoms with Gasteiger partial charge in [-0.2, -0.15) is 0 Å². The number of para-hydroxylation sites is 2. The molecular weight excluding hydrogens is 398 g/mol. The maximum Gasteiger partial charge on any atom is 0.273 e. The Balaban J connectivity index is 1.66. The molecule has 0 radical (unpaired) electrons. The van der Waals surface area contributed by atoms with Crippen LogP contribution in [0.5, 0.6) is 11.5 Å². The van der Waals surface area contributed by atoms with Crippen LogP contribution in [0.25, 0.3) is 0 Å². The molecule has 1 N–H and O–H groups in total. The lowest BCUT2D eigenvalue weighted by Gasteiger charge is -2.19. The quantitative estimate of drug-likeness (QED) is 0.479. The number of anilines is 2. The van der Waals surface area contributed by atoms with Gasteiger partial charge in [0, 0.05) is 29.4 Å². The molecule has 2 amide bonds. The van der Waals surface area contributed by atoms with E-state index in [1.807, 2.05) is 25.1 Å². The molecule has 1 heterocycles. The minimum atomic E-state index is -0.526. The van der Waals surface area contributed by atoms with Gasteiger partial charge in [0.1, 0.15) is 5.75 Å². The van der Waals surface area contributed by atoms with Crippen molar-refractivity contribution in [3.63, 3.8) is 0 Å². The fourth-order valence-electron chi connectivity index (χ4n) is 3.47. The van der Waals surface area contributed by atoms with E-state index >= 15 is 0 Å². The predicted octanol–water partition coefficient (Wildman–Crippen LogP) is 4.93. The number of aryl methyl sites for hydroxylation is 1. The lowest BCUT2D eigenvalue weighted by Crippen LogP contribution is -2.29. The minimum Gasteiger partial charge on any atom is -0.454 e. The molecular formula is C23H19N3O5. The topological polar surface area (TPSA) is 102 Å². The molecule has 0 saturated carbocycles. The van der Waals surface area contributed by atoms with Crippen LogP contribution in [0, 0.1) is 17.0 Å². The molecule has 1 aliphatic rings. The highest BCUT2D eigenvalue weighted by atomic mass is 16.6. The van der Waals surface area contributed by atoms with Gasteiger partial charge in [-0.15, -0.1) is 0 Å². The van der Waals surface area contributed by atoms with E-state index in [9.17, 15) is 19.7 Å².